The van der Waals surface area contributed by atoms with Gasteiger partial charge >= 0.3 is 0 Å². The average Bonchev–Trinajstić information content (AvgIpc) is 2.93. The smallest absolute Gasteiger partial charge is 0.225 e. The summed E-state index contributed by atoms with van der Waals surface area (Å²) >= 11 is 11.5. The molecule has 8 heteroatoms. The van der Waals surface area contributed by atoms with Crippen LogP contribution in [0.1, 0.15) is 5.56 Å². The van der Waals surface area contributed by atoms with Crippen LogP contribution in [0.4, 0.5) is 4.39 Å². The highest BCUT2D eigenvalue weighted by Gasteiger charge is 2.14. The monoisotopic (exact) mass is 364 g/mol. The van der Waals surface area contributed by atoms with Crippen LogP contribution in [-0.2, 0) is 13.2 Å². The number of quaternary nitrogens is 1. The lowest BCUT2D eigenvalue weighted by molar-refractivity contribution is -0.917. The number of nitrogens with one attached hydrogen (secondary N) is 1. The third-order valence-corrected chi connectivity index (χ3v) is 4.34. The number of para-hydroxylation sites is 1. The highest BCUT2D eigenvalue weighted by atomic mass is 35.5. The highest BCUT2D eigenvalue weighted by Crippen LogP contribution is 2.17. The molecule has 0 aliphatic heterocycles. The topological polar surface area (TPSA) is 40.1 Å². The predicted octanol–water partition coefficient (Wildman–Crippen LogP) is 2.26. The van der Waals surface area contributed by atoms with E-state index in [9.17, 15) is 4.39 Å². The molecular formula is C16H16ClFN5S+. The molecule has 3 aromatic rings. The largest absolute Gasteiger partial charge is 0.315 e. The van der Waals surface area contributed by atoms with E-state index in [-0.39, 0.29) is 5.82 Å². The van der Waals surface area contributed by atoms with Crippen LogP contribution >= 0.6 is 23.8 Å². The molecular weight excluding hydrogens is 349 g/mol. The van der Waals surface area contributed by atoms with Crippen molar-refractivity contribution in [3.63, 3.8) is 0 Å². The Morgan fingerprint density at radius 1 is 1.12 bits per heavy atom. The van der Waals surface area contributed by atoms with Gasteiger partial charge in [0.25, 0.3) is 0 Å². The predicted molar refractivity (Wildman–Crippen MR) is 92.2 cm³/mol. The second-order valence-corrected chi connectivity index (χ2v) is 6.27. The zero-order valence-corrected chi connectivity index (χ0v) is 14.6. The molecule has 1 atom stereocenters. The Morgan fingerprint density at radius 2 is 1.88 bits per heavy atom. The normalized spacial score (nSPS) is 12.3. The van der Waals surface area contributed by atoms with Crippen molar-refractivity contribution in [2.75, 3.05) is 7.05 Å². The van der Waals surface area contributed by atoms with Gasteiger partial charge in [-0.15, -0.1) is 0 Å². The van der Waals surface area contributed by atoms with Gasteiger partial charge in [0.2, 0.25) is 4.77 Å². The highest BCUT2D eigenvalue weighted by molar-refractivity contribution is 7.71. The molecule has 1 heterocycles. The fourth-order valence-electron chi connectivity index (χ4n) is 2.42. The van der Waals surface area contributed by atoms with Crippen molar-refractivity contribution in [1.82, 2.24) is 19.8 Å². The van der Waals surface area contributed by atoms with E-state index < -0.39 is 0 Å². The van der Waals surface area contributed by atoms with Crippen molar-refractivity contribution < 1.29 is 9.29 Å². The minimum absolute atomic E-state index is 0.307. The Morgan fingerprint density at radius 3 is 2.58 bits per heavy atom. The summed E-state index contributed by atoms with van der Waals surface area (Å²) in [6, 6.07) is 14.2. The molecule has 0 radical (unpaired) electrons. The summed E-state index contributed by atoms with van der Waals surface area (Å²) in [4.78, 5) is 0.984. The first-order chi connectivity index (χ1) is 11.6. The zero-order valence-electron chi connectivity index (χ0n) is 13.0. The van der Waals surface area contributed by atoms with E-state index in [1.54, 1.807) is 21.5 Å². The van der Waals surface area contributed by atoms with Crippen molar-refractivity contribution >= 4 is 23.8 Å². The first kappa shape index (κ1) is 16.8. The van der Waals surface area contributed by atoms with E-state index in [2.05, 4.69) is 10.4 Å². The summed E-state index contributed by atoms with van der Waals surface area (Å²) in [6.07, 6.45) is 0. The molecule has 0 aliphatic carbocycles. The first-order valence-electron chi connectivity index (χ1n) is 7.38. The van der Waals surface area contributed by atoms with Crippen molar-refractivity contribution in [3.05, 3.63) is 69.7 Å². The van der Waals surface area contributed by atoms with Crippen LogP contribution in [-0.4, -0.2) is 26.8 Å². The molecule has 1 unspecified atom stereocenters. The maximum absolute atomic E-state index is 13.9. The fraction of sp³-hybridized carbons (Fsp3) is 0.188. The molecule has 0 saturated heterocycles. The van der Waals surface area contributed by atoms with Gasteiger partial charge in [-0.3, -0.25) is 0 Å². The van der Waals surface area contributed by atoms with E-state index in [1.165, 1.54) is 6.07 Å². The van der Waals surface area contributed by atoms with E-state index in [1.807, 2.05) is 37.4 Å². The number of aromatic nitrogens is 4. The molecule has 0 spiro atoms. The second-order valence-electron chi connectivity index (χ2n) is 5.50. The molecule has 2 aromatic carbocycles. The van der Waals surface area contributed by atoms with Crippen LogP contribution in [0.15, 0.2) is 48.5 Å². The standard InChI is InChI=1S/C16H15ClFN5S/c1-21(10-13-14(17)8-5-9-15(13)18)11-22-16(24)23(20-19-22)12-6-3-2-4-7-12/h2-9H,10-11H2,1H3/p+1. The number of hydrogen-bond acceptors (Lipinski definition) is 3. The van der Waals surface area contributed by atoms with Crippen LogP contribution in [0.3, 0.4) is 0 Å². The third kappa shape index (κ3) is 3.53. The summed E-state index contributed by atoms with van der Waals surface area (Å²) in [6.45, 7) is 0.877. The molecule has 1 N–H and O–H groups in total. The van der Waals surface area contributed by atoms with Gasteiger partial charge in [-0.25, -0.2) is 4.39 Å². The third-order valence-electron chi connectivity index (χ3n) is 3.60. The van der Waals surface area contributed by atoms with Crippen molar-refractivity contribution in [2.24, 2.45) is 0 Å². The van der Waals surface area contributed by atoms with Crippen LogP contribution in [0.5, 0.6) is 0 Å². The van der Waals surface area contributed by atoms with Gasteiger partial charge in [0.05, 0.1) is 23.3 Å². The van der Waals surface area contributed by atoms with Gasteiger partial charge in [0, 0.05) is 0 Å². The minimum atomic E-state index is -0.307. The lowest BCUT2D eigenvalue weighted by atomic mass is 10.2. The number of halogens is 2. The summed E-state index contributed by atoms with van der Waals surface area (Å²) in [5.41, 5.74) is 1.34. The van der Waals surface area contributed by atoms with Crippen LogP contribution < -0.4 is 4.90 Å². The summed E-state index contributed by atoms with van der Waals surface area (Å²) < 4.78 is 17.6. The first-order valence-corrected chi connectivity index (χ1v) is 8.17. The second kappa shape index (κ2) is 7.21. The summed E-state index contributed by atoms with van der Waals surface area (Å²) in [7, 11) is 1.92. The molecule has 0 fully saturated rings. The Hall–Kier alpha value is -2.09. The van der Waals surface area contributed by atoms with Gasteiger partial charge in [-0.2, -0.15) is 9.36 Å². The maximum atomic E-state index is 13.9. The fourth-order valence-corrected chi connectivity index (χ4v) is 2.89. The Kier molecular flexibility index (Phi) is 5.03. The zero-order chi connectivity index (χ0) is 17.1. The van der Waals surface area contributed by atoms with Crippen LogP contribution in [0.2, 0.25) is 5.02 Å². The molecule has 0 aliphatic rings. The Bertz CT molecular complexity index is 873. The molecule has 3 rings (SSSR count). The van der Waals surface area contributed by atoms with Gasteiger partial charge < -0.3 is 4.90 Å². The van der Waals surface area contributed by atoms with Gasteiger partial charge in [0.1, 0.15) is 12.4 Å². The summed E-state index contributed by atoms with van der Waals surface area (Å²) in [5.74, 6) is -0.307. The van der Waals surface area contributed by atoms with Crippen LogP contribution in [0.25, 0.3) is 5.69 Å². The van der Waals surface area contributed by atoms with Crippen molar-refractivity contribution in [2.45, 2.75) is 13.2 Å². The van der Waals surface area contributed by atoms with Gasteiger partial charge in [-0.1, -0.05) is 35.9 Å². The summed E-state index contributed by atoms with van der Waals surface area (Å²) in [5, 5.41) is 8.61. The molecule has 5 nitrogen and oxygen atoms in total. The quantitative estimate of drug-likeness (QED) is 0.706. The van der Waals surface area contributed by atoms with E-state index in [0.717, 1.165) is 10.6 Å². The maximum Gasteiger partial charge on any atom is 0.225 e. The molecule has 1 aromatic heterocycles. The minimum Gasteiger partial charge on any atom is -0.315 e. The lowest BCUT2D eigenvalue weighted by Crippen LogP contribution is -3.07. The molecule has 0 bridgehead atoms. The average molecular weight is 365 g/mol. The van der Waals surface area contributed by atoms with Gasteiger partial charge in [0.15, 0.2) is 6.67 Å². The number of rotatable bonds is 5. The Balaban J connectivity index is 1.77. The van der Waals surface area contributed by atoms with Crippen molar-refractivity contribution in [3.8, 4) is 5.69 Å². The van der Waals surface area contributed by atoms with E-state index >= 15 is 0 Å². The molecule has 124 valence electrons. The van der Waals surface area contributed by atoms with Gasteiger partial charge in [-0.05, 0) is 46.9 Å². The number of nitrogens with zero attached hydrogens (tertiary/aromatic N) is 4. The Labute approximate surface area is 148 Å². The number of tetrazole rings is 1. The van der Waals surface area contributed by atoms with E-state index in [4.69, 9.17) is 23.8 Å². The molecule has 0 saturated carbocycles. The van der Waals surface area contributed by atoms with Crippen molar-refractivity contribution in [1.29, 1.82) is 0 Å². The van der Waals surface area contributed by atoms with E-state index in [0.29, 0.717) is 28.6 Å². The number of benzene rings is 2. The molecule has 0 amide bonds. The molecule has 24 heavy (non-hydrogen) atoms. The SMILES string of the molecule is C[NH+](Cc1c(F)cccc1Cl)Cn1nnn(-c2ccccc2)c1=S. The van der Waals surface area contributed by atoms with Crippen LogP contribution in [0, 0.1) is 10.6 Å². The lowest BCUT2D eigenvalue weighted by Gasteiger charge is -2.14. The number of hydrogen-bond donors (Lipinski definition) is 1.